The summed E-state index contributed by atoms with van der Waals surface area (Å²) in [6, 6.07) is 7.16. The number of nitrogens with zero attached hydrogens (tertiary/aromatic N) is 1. The molecule has 0 aromatic heterocycles. The van der Waals surface area contributed by atoms with E-state index in [0.717, 1.165) is 36.3 Å². The lowest BCUT2D eigenvalue weighted by Gasteiger charge is -2.30. The number of nitrogens with one attached hydrogen (secondary N) is 1. The number of carbonyl (C=O) groups excluding carboxylic acids is 2. The lowest BCUT2D eigenvalue weighted by atomic mass is 9.97. The van der Waals surface area contributed by atoms with Gasteiger partial charge in [0.05, 0.1) is 25.2 Å². The zero-order valence-corrected chi connectivity index (χ0v) is 13.7. The summed E-state index contributed by atoms with van der Waals surface area (Å²) in [6.45, 7) is 4.25. The van der Waals surface area contributed by atoms with Crippen LogP contribution in [0.15, 0.2) is 28.7 Å². The van der Waals surface area contributed by atoms with Crippen LogP contribution in [0.5, 0.6) is 0 Å². The van der Waals surface area contributed by atoms with Gasteiger partial charge in [-0.1, -0.05) is 22.9 Å². The van der Waals surface area contributed by atoms with Crippen LogP contribution >= 0.6 is 15.9 Å². The number of imide groups is 1. The van der Waals surface area contributed by atoms with Gasteiger partial charge >= 0.3 is 0 Å². The second-order valence-electron chi connectivity index (χ2n) is 6.14. The van der Waals surface area contributed by atoms with Crippen LogP contribution in [0, 0.1) is 5.92 Å². The van der Waals surface area contributed by atoms with Crippen LogP contribution in [0.3, 0.4) is 0 Å². The molecule has 2 saturated heterocycles. The normalized spacial score (nSPS) is 30.0. The number of piperidine rings is 1. The third-order valence-electron chi connectivity index (χ3n) is 4.64. The van der Waals surface area contributed by atoms with Crippen molar-refractivity contribution in [3.8, 4) is 0 Å². The lowest BCUT2D eigenvalue weighted by molar-refractivity contribution is -0.920. The largest absolute Gasteiger partial charge is 0.324 e. The third-order valence-corrected chi connectivity index (χ3v) is 5.17. The van der Waals surface area contributed by atoms with E-state index in [4.69, 9.17) is 0 Å². The zero-order valence-electron chi connectivity index (χ0n) is 12.1. The van der Waals surface area contributed by atoms with E-state index in [1.54, 1.807) is 0 Å². The molecule has 2 amide bonds. The quantitative estimate of drug-likeness (QED) is 0.818. The van der Waals surface area contributed by atoms with Gasteiger partial charge in [-0.25, -0.2) is 4.90 Å². The van der Waals surface area contributed by atoms with Gasteiger partial charge in [0.1, 0.15) is 0 Å². The Bertz CT molecular complexity index is 550. The SMILES string of the molecule is CC1CC[NH+]([C@@H]2CC(=O)N(c3ccc(Br)cc3)C2=O)CC1. The lowest BCUT2D eigenvalue weighted by Crippen LogP contribution is -3.17. The van der Waals surface area contributed by atoms with Crippen LogP contribution in [-0.2, 0) is 9.59 Å². The number of anilines is 1. The summed E-state index contributed by atoms with van der Waals surface area (Å²) in [5, 5.41) is 0. The van der Waals surface area contributed by atoms with Gasteiger partial charge in [-0.15, -0.1) is 0 Å². The number of benzene rings is 1. The highest BCUT2D eigenvalue weighted by Gasteiger charge is 2.46. The number of likely N-dealkylation sites (tertiary alicyclic amines) is 1. The average molecular weight is 352 g/mol. The third kappa shape index (κ3) is 2.90. The van der Waals surface area contributed by atoms with E-state index in [0.29, 0.717) is 12.1 Å². The Kier molecular flexibility index (Phi) is 4.13. The average Bonchev–Trinajstić information content (AvgIpc) is 2.76. The molecule has 2 aliphatic rings. The van der Waals surface area contributed by atoms with Gasteiger partial charge < -0.3 is 4.90 Å². The highest BCUT2D eigenvalue weighted by atomic mass is 79.9. The number of quaternary nitrogens is 1. The smallest absolute Gasteiger partial charge is 0.292 e. The first kappa shape index (κ1) is 14.7. The molecule has 0 saturated carbocycles. The maximum absolute atomic E-state index is 12.7. The molecule has 112 valence electrons. The molecule has 2 heterocycles. The summed E-state index contributed by atoms with van der Waals surface area (Å²) in [7, 11) is 0. The fraction of sp³-hybridized carbons (Fsp3) is 0.500. The van der Waals surface area contributed by atoms with Gasteiger partial charge in [0.15, 0.2) is 6.04 Å². The molecule has 1 aromatic carbocycles. The predicted octanol–water partition coefficient (Wildman–Crippen LogP) is 1.40. The van der Waals surface area contributed by atoms with Crippen molar-refractivity contribution >= 4 is 33.4 Å². The van der Waals surface area contributed by atoms with Crippen LogP contribution in [0.2, 0.25) is 0 Å². The molecule has 0 radical (unpaired) electrons. The summed E-state index contributed by atoms with van der Waals surface area (Å²) < 4.78 is 0.942. The number of hydrogen-bond donors (Lipinski definition) is 1. The molecule has 0 aliphatic carbocycles. The van der Waals surface area contributed by atoms with Crippen molar-refractivity contribution in [3.05, 3.63) is 28.7 Å². The van der Waals surface area contributed by atoms with Gasteiger partial charge in [-0.05, 0) is 43.0 Å². The molecule has 1 aromatic rings. The van der Waals surface area contributed by atoms with E-state index in [2.05, 4.69) is 22.9 Å². The van der Waals surface area contributed by atoms with Crippen molar-refractivity contribution < 1.29 is 14.5 Å². The van der Waals surface area contributed by atoms with E-state index in [1.165, 1.54) is 9.80 Å². The minimum absolute atomic E-state index is 0.0353. The maximum atomic E-state index is 12.7. The Labute approximate surface area is 133 Å². The minimum atomic E-state index is -0.186. The van der Waals surface area contributed by atoms with Crippen LogP contribution in [0.4, 0.5) is 5.69 Å². The number of carbonyl (C=O) groups is 2. The fourth-order valence-electron chi connectivity index (χ4n) is 3.29. The standard InChI is InChI=1S/C16H19BrN2O2/c1-11-6-8-18(9-7-11)14-10-15(20)19(16(14)21)13-4-2-12(17)3-5-13/h2-5,11,14H,6-10H2,1H3/p+1/t14-/m1/s1. The van der Waals surface area contributed by atoms with Crippen molar-refractivity contribution in [2.45, 2.75) is 32.2 Å². The van der Waals surface area contributed by atoms with Crippen molar-refractivity contribution in [1.82, 2.24) is 0 Å². The summed E-state index contributed by atoms with van der Waals surface area (Å²) in [6.07, 6.45) is 2.63. The molecule has 0 unspecified atom stereocenters. The molecule has 1 N–H and O–H groups in total. The molecule has 2 aliphatic heterocycles. The zero-order chi connectivity index (χ0) is 15.0. The van der Waals surface area contributed by atoms with Crippen LogP contribution in [-0.4, -0.2) is 30.9 Å². The number of amides is 2. The number of hydrogen-bond acceptors (Lipinski definition) is 2. The van der Waals surface area contributed by atoms with Crippen LogP contribution in [0.1, 0.15) is 26.2 Å². The monoisotopic (exact) mass is 351 g/mol. The summed E-state index contributed by atoms with van der Waals surface area (Å²) in [5.74, 6) is 0.633. The van der Waals surface area contributed by atoms with Gasteiger partial charge in [0, 0.05) is 4.47 Å². The first-order valence-electron chi connectivity index (χ1n) is 7.53. The highest BCUT2D eigenvalue weighted by molar-refractivity contribution is 9.10. The summed E-state index contributed by atoms with van der Waals surface area (Å²) in [5.41, 5.74) is 0.681. The molecule has 0 spiro atoms. The van der Waals surface area contributed by atoms with Crippen LogP contribution in [0.25, 0.3) is 0 Å². The Morgan fingerprint density at radius 1 is 1.14 bits per heavy atom. The second kappa shape index (κ2) is 5.89. The molecule has 5 heteroatoms. The van der Waals surface area contributed by atoms with E-state index in [-0.39, 0.29) is 17.9 Å². The van der Waals surface area contributed by atoms with E-state index in [1.807, 2.05) is 24.3 Å². The van der Waals surface area contributed by atoms with Gasteiger partial charge in [0.2, 0.25) is 5.91 Å². The summed E-state index contributed by atoms with van der Waals surface area (Å²) in [4.78, 5) is 27.6. The van der Waals surface area contributed by atoms with Crippen molar-refractivity contribution in [1.29, 1.82) is 0 Å². The molecule has 4 nitrogen and oxygen atoms in total. The topological polar surface area (TPSA) is 41.8 Å². The Morgan fingerprint density at radius 2 is 1.76 bits per heavy atom. The van der Waals surface area contributed by atoms with Crippen molar-refractivity contribution in [3.63, 3.8) is 0 Å². The molecule has 3 rings (SSSR count). The minimum Gasteiger partial charge on any atom is -0.324 e. The van der Waals surface area contributed by atoms with E-state index >= 15 is 0 Å². The Morgan fingerprint density at radius 3 is 2.38 bits per heavy atom. The number of rotatable bonds is 2. The fourth-order valence-corrected chi connectivity index (χ4v) is 3.56. The molecule has 2 fully saturated rings. The molecule has 0 bridgehead atoms. The second-order valence-corrected chi connectivity index (χ2v) is 7.06. The molecule has 21 heavy (non-hydrogen) atoms. The van der Waals surface area contributed by atoms with Gasteiger partial charge in [-0.2, -0.15) is 0 Å². The maximum Gasteiger partial charge on any atom is 0.292 e. The Balaban J connectivity index is 1.77. The molecular weight excluding hydrogens is 332 g/mol. The van der Waals surface area contributed by atoms with Crippen LogP contribution < -0.4 is 9.80 Å². The van der Waals surface area contributed by atoms with E-state index in [9.17, 15) is 9.59 Å². The van der Waals surface area contributed by atoms with Gasteiger partial charge in [0.25, 0.3) is 5.91 Å². The van der Waals surface area contributed by atoms with E-state index < -0.39 is 0 Å². The molecule has 1 atom stereocenters. The molecular formula is C16H20BrN2O2+. The Hall–Kier alpha value is -1.20. The summed E-state index contributed by atoms with van der Waals surface area (Å²) >= 11 is 3.37. The number of halogens is 1. The van der Waals surface area contributed by atoms with Crippen molar-refractivity contribution in [2.24, 2.45) is 5.92 Å². The first-order valence-corrected chi connectivity index (χ1v) is 8.32. The highest BCUT2D eigenvalue weighted by Crippen LogP contribution is 2.24. The predicted molar refractivity (Wildman–Crippen MR) is 84.1 cm³/mol. The van der Waals surface area contributed by atoms with Gasteiger partial charge in [-0.3, -0.25) is 9.59 Å². The van der Waals surface area contributed by atoms with Crippen molar-refractivity contribution in [2.75, 3.05) is 18.0 Å². The first-order chi connectivity index (χ1) is 10.1.